The van der Waals surface area contributed by atoms with Crippen molar-refractivity contribution in [2.24, 2.45) is 0 Å². The molecule has 0 saturated carbocycles. The Balaban J connectivity index is 1.88. The molecule has 0 bridgehead atoms. The fraction of sp³-hybridized carbons (Fsp3) is 0.200. The largest absolute Gasteiger partial charge is 0.355 e. The van der Waals surface area contributed by atoms with E-state index < -0.39 is 10.0 Å². The molecule has 2 aromatic rings. The summed E-state index contributed by atoms with van der Waals surface area (Å²) in [7, 11) is -0.581. The van der Waals surface area contributed by atoms with Gasteiger partial charge in [0.2, 0.25) is 15.9 Å². The summed E-state index contributed by atoms with van der Waals surface area (Å²) in [4.78, 5) is 25.1. The number of carbonyl (C=O) groups is 2. The highest BCUT2D eigenvalue weighted by Crippen LogP contribution is 2.07. The van der Waals surface area contributed by atoms with Gasteiger partial charge in [-0.1, -0.05) is 42.5 Å². The highest BCUT2D eigenvalue weighted by molar-refractivity contribution is 7.92. The van der Waals surface area contributed by atoms with Gasteiger partial charge in [0.1, 0.15) is 0 Å². The number of nitrogens with zero attached hydrogens (tertiary/aromatic N) is 1. The second kappa shape index (κ2) is 9.82. The minimum atomic E-state index is -3.72. The molecule has 2 rings (SSSR count). The van der Waals surface area contributed by atoms with Gasteiger partial charge in [0.15, 0.2) is 0 Å². The fourth-order valence-corrected chi connectivity index (χ4v) is 3.10. The predicted octanol–water partition coefficient (Wildman–Crippen LogP) is 1.59. The van der Waals surface area contributed by atoms with Crippen LogP contribution in [-0.4, -0.2) is 45.8 Å². The van der Waals surface area contributed by atoms with Crippen molar-refractivity contribution in [3.63, 3.8) is 0 Å². The van der Waals surface area contributed by atoms with E-state index in [1.807, 2.05) is 6.07 Å². The van der Waals surface area contributed by atoms with Crippen LogP contribution in [0.4, 0.5) is 0 Å². The van der Waals surface area contributed by atoms with Crippen LogP contribution in [-0.2, 0) is 21.4 Å². The second-order valence-corrected chi connectivity index (χ2v) is 7.76. The highest BCUT2D eigenvalue weighted by atomic mass is 32.2. The average Bonchev–Trinajstić information content (AvgIpc) is 2.71. The molecule has 0 unspecified atom stereocenters. The Labute approximate surface area is 165 Å². The molecule has 0 aliphatic carbocycles. The summed E-state index contributed by atoms with van der Waals surface area (Å²) in [6.45, 7) is -0.0390. The number of amides is 2. The lowest BCUT2D eigenvalue weighted by molar-refractivity contribution is -0.129. The first-order valence-corrected chi connectivity index (χ1v) is 10.1. The summed E-state index contributed by atoms with van der Waals surface area (Å²) in [5.74, 6) is -0.555. The van der Waals surface area contributed by atoms with Gasteiger partial charge in [0, 0.05) is 31.6 Å². The molecule has 2 amide bonds. The lowest BCUT2D eigenvalue weighted by Crippen LogP contribution is -2.37. The van der Waals surface area contributed by atoms with Gasteiger partial charge in [-0.25, -0.2) is 13.1 Å². The Hall–Kier alpha value is -2.97. The molecule has 0 heterocycles. The third-order valence-electron chi connectivity index (χ3n) is 3.95. The minimum absolute atomic E-state index is 0.186. The highest BCUT2D eigenvalue weighted by Gasteiger charge is 2.13. The Kier molecular flexibility index (Phi) is 7.48. The van der Waals surface area contributed by atoms with E-state index in [0.29, 0.717) is 12.1 Å². The first-order chi connectivity index (χ1) is 13.3. The van der Waals surface area contributed by atoms with Crippen molar-refractivity contribution in [3.05, 3.63) is 76.7 Å². The van der Waals surface area contributed by atoms with E-state index in [1.54, 1.807) is 62.6 Å². The van der Waals surface area contributed by atoms with Crippen LogP contribution in [0, 0.1) is 0 Å². The molecule has 148 valence electrons. The summed E-state index contributed by atoms with van der Waals surface area (Å²) in [5.41, 5.74) is 2.10. The summed E-state index contributed by atoms with van der Waals surface area (Å²) >= 11 is 0. The van der Waals surface area contributed by atoms with Crippen LogP contribution in [0.3, 0.4) is 0 Å². The second-order valence-electron chi connectivity index (χ2n) is 6.11. The molecule has 0 radical (unpaired) electrons. The van der Waals surface area contributed by atoms with Gasteiger partial charge in [-0.2, -0.15) is 0 Å². The zero-order valence-corrected chi connectivity index (χ0v) is 16.6. The van der Waals surface area contributed by atoms with Gasteiger partial charge in [-0.05, 0) is 29.3 Å². The number of hydrogen-bond acceptors (Lipinski definition) is 4. The molecule has 0 aliphatic rings. The van der Waals surface area contributed by atoms with Crippen LogP contribution < -0.4 is 10.0 Å². The quantitative estimate of drug-likeness (QED) is 0.702. The Morgan fingerprint density at radius 1 is 1.04 bits per heavy atom. The van der Waals surface area contributed by atoms with Crippen molar-refractivity contribution in [1.82, 2.24) is 14.9 Å². The van der Waals surface area contributed by atoms with E-state index in [-0.39, 0.29) is 18.4 Å². The number of carbonyl (C=O) groups excluding carboxylic acids is 2. The molecule has 7 nitrogen and oxygen atoms in total. The molecule has 0 spiro atoms. The summed E-state index contributed by atoms with van der Waals surface area (Å²) < 4.78 is 26.3. The molecule has 0 atom stereocenters. The van der Waals surface area contributed by atoms with E-state index in [4.69, 9.17) is 0 Å². The first kappa shape index (κ1) is 21.3. The maximum absolute atomic E-state index is 12.2. The molecular weight excluding hydrogens is 378 g/mol. The molecule has 0 fully saturated rings. The van der Waals surface area contributed by atoms with Crippen molar-refractivity contribution < 1.29 is 18.0 Å². The molecule has 8 heteroatoms. The monoisotopic (exact) mass is 401 g/mol. The molecule has 0 saturated heterocycles. The average molecular weight is 401 g/mol. The number of rotatable bonds is 8. The van der Waals surface area contributed by atoms with Crippen LogP contribution in [0.15, 0.2) is 60.0 Å². The van der Waals surface area contributed by atoms with Gasteiger partial charge in [0.05, 0.1) is 6.54 Å². The van der Waals surface area contributed by atoms with E-state index in [9.17, 15) is 18.0 Å². The first-order valence-electron chi connectivity index (χ1n) is 8.58. The number of sulfonamides is 1. The van der Waals surface area contributed by atoms with Crippen LogP contribution in [0.25, 0.3) is 6.08 Å². The SMILES string of the molecule is CNC(=O)c1ccc(CN(C)C(=O)CNS(=O)(=O)/C=C/c2ccccc2)cc1. The number of benzene rings is 2. The van der Waals surface area contributed by atoms with Gasteiger partial charge in [0.25, 0.3) is 5.91 Å². The predicted molar refractivity (Wildman–Crippen MR) is 109 cm³/mol. The fourth-order valence-electron chi connectivity index (χ4n) is 2.35. The van der Waals surface area contributed by atoms with E-state index in [2.05, 4.69) is 10.0 Å². The summed E-state index contributed by atoms with van der Waals surface area (Å²) in [5, 5.41) is 3.57. The summed E-state index contributed by atoms with van der Waals surface area (Å²) in [6.07, 6.45) is 1.46. The van der Waals surface area contributed by atoms with Crippen molar-refractivity contribution in [2.75, 3.05) is 20.6 Å². The number of likely N-dealkylation sites (N-methyl/N-ethyl adjacent to an activating group) is 1. The molecule has 0 aromatic heterocycles. The number of nitrogens with one attached hydrogen (secondary N) is 2. The lowest BCUT2D eigenvalue weighted by Gasteiger charge is -2.17. The molecule has 2 aromatic carbocycles. The van der Waals surface area contributed by atoms with Crippen molar-refractivity contribution in [1.29, 1.82) is 0 Å². The van der Waals surface area contributed by atoms with Gasteiger partial charge in [-0.15, -0.1) is 0 Å². The third kappa shape index (κ3) is 6.64. The topological polar surface area (TPSA) is 95.6 Å². The summed E-state index contributed by atoms with van der Waals surface area (Å²) in [6, 6.07) is 15.8. The van der Waals surface area contributed by atoms with Crippen LogP contribution in [0.1, 0.15) is 21.5 Å². The van der Waals surface area contributed by atoms with E-state index >= 15 is 0 Å². The van der Waals surface area contributed by atoms with Crippen molar-refractivity contribution in [2.45, 2.75) is 6.54 Å². The van der Waals surface area contributed by atoms with E-state index in [0.717, 1.165) is 16.5 Å². The molecule has 2 N–H and O–H groups in total. The van der Waals surface area contributed by atoms with Crippen LogP contribution in [0.5, 0.6) is 0 Å². The van der Waals surface area contributed by atoms with Crippen LogP contribution in [0.2, 0.25) is 0 Å². The maximum Gasteiger partial charge on any atom is 0.251 e. The van der Waals surface area contributed by atoms with Crippen molar-refractivity contribution in [3.8, 4) is 0 Å². The third-order valence-corrected chi connectivity index (χ3v) is 4.99. The Morgan fingerprint density at radius 2 is 1.68 bits per heavy atom. The lowest BCUT2D eigenvalue weighted by atomic mass is 10.1. The van der Waals surface area contributed by atoms with E-state index in [1.165, 1.54) is 11.0 Å². The minimum Gasteiger partial charge on any atom is -0.355 e. The number of hydrogen-bond donors (Lipinski definition) is 2. The standard InChI is InChI=1S/C20H23N3O4S/c1-21-20(25)18-10-8-17(9-11-18)15-23(2)19(24)14-22-28(26,27)13-12-16-6-4-3-5-7-16/h3-13,22H,14-15H2,1-2H3,(H,21,25)/b13-12+. The molecular formula is C20H23N3O4S. The van der Waals surface area contributed by atoms with Crippen molar-refractivity contribution >= 4 is 27.9 Å². The smallest absolute Gasteiger partial charge is 0.251 e. The Bertz CT molecular complexity index is 939. The Morgan fingerprint density at radius 3 is 2.29 bits per heavy atom. The van der Waals surface area contributed by atoms with Gasteiger partial charge in [-0.3, -0.25) is 9.59 Å². The maximum atomic E-state index is 12.2. The molecule has 28 heavy (non-hydrogen) atoms. The zero-order chi connectivity index (χ0) is 20.6. The van der Waals surface area contributed by atoms with Gasteiger partial charge < -0.3 is 10.2 Å². The zero-order valence-electron chi connectivity index (χ0n) is 15.8. The van der Waals surface area contributed by atoms with Crippen LogP contribution >= 0.6 is 0 Å². The molecule has 0 aliphatic heterocycles. The normalized spacial score (nSPS) is 11.4. The van der Waals surface area contributed by atoms with Gasteiger partial charge >= 0.3 is 0 Å².